The second-order valence-electron chi connectivity index (χ2n) is 6.19. The van der Waals surface area contributed by atoms with E-state index in [1.54, 1.807) is 12.1 Å². The third-order valence-corrected chi connectivity index (χ3v) is 3.61. The number of hydrogen-bond acceptors (Lipinski definition) is 6. The highest BCUT2D eigenvalue weighted by atomic mass is 16.5. The number of nitrogens with zero attached hydrogens (tertiary/aromatic N) is 3. The number of anilines is 3. The lowest BCUT2D eigenvalue weighted by Gasteiger charge is -2.10. The topological polar surface area (TPSA) is 95.1 Å². The molecule has 0 bridgehead atoms. The predicted octanol–water partition coefficient (Wildman–Crippen LogP) is 3.39. The van der Waals surface area contributed by atoms with Crippen molar-refractivity contribution in [3.63, 3.8) is 0 Å². The number of ether oxygens (including phenoxy) is 1. The van der Waals surface area contributed by atoms with Gasteiger partial charge in [-0.2, -0.15) is 9.67 Å². The summed E-state index contributed by atoms with van der Waals surface area (Å²) >= 11 is 0. The zero-order chi connectivity index (χ0) is 18.7. The summed E-state index contributed by atoms with van der Waals surface area (Å²) in [5.74, 6) is 0.722. The van der Waals surface area contributed by atoms with Gasteiger partial charge in [0, 0.05) is 11.3 Å². The van der Waals surface area contributed by atoms with Gasteiger partial charge in [-0.3, -0.25) is 4.79 Å². The number of nitrogens with two attached hydrogens (primary N) is 1. The van der Waals surface area contributed by atoms with Crippen LogP contribution >= 0.6 is 0 Å². The standard InChI is InChI=1S/C19H21N5O2/c1-12(2)26-16-10-8-15(9-11-16)21-19-22-18(20)24(23-19)17(25)14-6-4-13(3)5-7-14/h4-12H,1-3H3,(H3,20,21,22,23). The number of nitrogen functional groups attached to an aromatic ring is 1. The van der Waals surface area contributed by atoms with Gasteiger partial charge in [0.15, 0.2) is 0 Å². The lowest BCUT2D eigenvalue weighted by atomic mass is 10.1. The molecule has 0 spiro atoms. The van der Waals surface area contributed by atoms with Crippen molar-refractivity contribution in [1.29, 1.82) is 0 Å². The third kappa shape index (κ3) is 4.00. The molecule has 2 aromatic carbocycles. The number of aryl methyl sites for hydroxylation is 1. The summed E-state index contributed by atoms with van der Waals surface area (Å²) < 4.78 is 6.69. The van der Waals surface area contributed by atoms with E-state index in [9.17, 15) is 4.79 Å². The number of aromatic nitrogens is 3. The van der Waals surface area contributed by atoms with Crippen molar-refractivity contribution in [3.8, 4) is 5.75 Å². The Hall–Kier alpha value is -3.35. The van der Waals surface area contributed by atoms with Crippen molar-refractivity contribution in [2.45, 2.75) is 26.9 Å². The molecular weight excluding hydrogens is 330 g/mol. The Labute approximate surface area is 151 Å². The first kappa shape index (κ1) is 17.5. The summed E-state index contributed by atoms with van der Waals surface area (Å²) in [6, 6.07) is 14.6. The number of rotatable bonds is 5. The Morgan fingerprint density at radius 2 is 1.77 bits per heavy atom. The summed E-state index contributed by atoms with van der Waals surface area (Å²) in [7, 11) is 0. The smallest absolute Gasteiger partial charge is 0.281 e. The lowest BCUT2D eigenvalue weighted by Crippen LogP contribution is -2.16. The molecule has 3 rings (SSSR count). The van der Waals surface area contributed by atoms with Crippen LogP contribution in [-0.2, 0) is 0 Å². The Morgan fingerprint density at radius 3 is 2.38 bits per heavy atom. The SMILES string of the molecule is Cc1ccc(C(=O)n2nc(Nc3ccc(OC(C)C)cc3)nc2N)cc1. The molecule has 7 nitrogen and oxygen atoms in total. The molecule has 26 heavy (non-hydrogen) atoms. The van der Waals surface area contributed by atoms with Crippen LogP contribution in [0.3, 0.4) is 0 Å². The second-order valence-corrected chi connectivity index (χ2v) is 6.19. The van der Waals surface area contributed by atoms with E-state index in [0.717, 1.165) is 21.7 Å². The van der Waals surface area contributed by atoms with Crippen LogP contribution in [0.15, 0.2) is 48.5 Å². The van der Waals surface area contributed by atoms with E-state index in [4.69, 9.17) is 10.5 Å². The van der Waals surface area contributed by atoms with Crippen LogP contribution in [0, 0.1) is 6.92 Å². The Bertz CT molecular complexity index is 899. The normalized spacial score (nSPS) is 10.8. The first-order valence-corrected chi connectivity index (χ1v) is 8.30. The molecule has 0 amide bonds. The monoisotopic (exact) mass is 351 g/mol. The van der Waals surface area contributed by atoms with Gasteiger partial charge in [0.2, 0.25) is 11.9 Å². The first-order chi connectivity index (χ1) is 12.4. The highest BCUT2D eigenvalue weighted by Gasteiger charge is 2.16. The molecule has 0 aliphatic rings. The minimum atomic E-state index is -0.330. The Kier molecular flexibility index (Phi) is 4.88. The maximum Gasteiger partial charge on any atom is 0.281 e. The van der Waals surface area contributed by atoms with Crippen molar-refractivity contribution in [1.82, 2.24) is 14.8 Å². The van der Waals surface area contributed by atoms with E-state index in [0.29, 0.717) is 5.56 Å². The zero-order valence-corrected chi connectivity index (χ0v) is 14.9. The van der Waals surface area contributed by atoms with E-state index < -0.39 is 0 Å². The predicted molar refractivity (Wildman–Crippen MR) is 101 cm³/mol. The van der Waals surface area contributed by atoms with Crippen LogP contribution in [-0.4, -0.2) is 26.8 Å². The van der Waals surface area contributed by atoms with Crippen LogP contribution in [0.2, 0.25) is 0 Å². The third-order valence-electron chi connectivity index (χ3n) is 3.61. The molecule has 0 saturated carbocycles. The number of benzene rings is 2. The zero-order valence-electron chi connectivity index (χ0n) is 14.9. The maximum absolute atomic E-state index is 12.5. The van der Waals surface area contributed by atoms with Crippen LogP contribution in [0.5, 0.6) is 5.75 Å². The number of nitrogens with one attached hydrogen (secondary N) is 1. The van der Waals surface area contributed by atoms with Crippen molar-refractivity contribution < 1.29 is 9.53 Å². The van der Waals surface area contributed by atoms with Crippen LogP contribution in [0.4, 0.5) is 17.6 Å². The van der Waals surface area contributed by atoms with Crippen LogP contribution in [0.25, 0.3) is 0 Å². The van der Waals surface area contributed by atoms with Gasteiger partial charge in [-0.15, -0.1) is 5.10 Å². The fourth-order valence-corrected chi connectivity index (χ4v) is 2.36. The molecular formula is C19H21N5O2. The molecule has 0 aliphatic heterocycles. The molecule has 3 aromatic rings. The van der Waals surface area contributed by atoms with Gasteiger partial charge >= 0.3 is 0 Å². The van der Waals surface area contributed by atoms with Crippen LogP contribution in [0.1, 0.15) is 29.8 Å². The summed E-state index contributed by atoms with van der Waals surface area (Å²) in [5.41, 5.74) is 8.18. The molecule has 134 valence electrons. The van der Waals surface area contributed by atoms with E-state index in [2.05, 4.69) is 15.4 Å². The number of carbonyl (C=O) groups excluding carboxylic acids is 1. The average Bonchev–Trinajstić information content (AvgIpc) is 2.96. The van der Waals surface area contributed by atoms with Crippen LogP contribution < -0.4 is 15.8 Å². The molecule has 0 atom stereocenters. The van der Waals surface area contributed by atoms with Gasteiger partial charge < -0.3 is 15.8 Å². The molecule has 1 heterocycles. The number of carbonyl (C=O) groups is 1. The van der Waals surface area contributed by atoms with Gasteiger partial charge in [0.1, 0.15) is 5.75 Å². The molecule has 1 aromatic heterocycles. The van der Waals surface area contributed by atoms with E-state index in [1.807, 2.05) is 57.2 Å². The minimum Gasteiger partial charge on any atom is -0.491 e. The van der Waals surface area contributed by atoms with Crippen molar-refractivity contribution in [3.05, 3.63) is 59.7 Å². The van der Waals surface area contributed by atoms with Gasteiger partial charge in [-0.1, -0.05) is 17.7 Å². The van der Waals surface area contributed by atoms with Crippen molar-refractivity contribution in [2.75, 3.05) is 11.1 Å². The second kappa shape index (κ2) is 7.26. The largest absolute Gasteiger partial charge is 0.491 e. The number of hydrogen-bond donors (Lipinski definition) is 2. The summed E-state index contributed by atoms with van der Waals surface area (Å²) in [6.07, 6.45) is 0.110. The molecule has 0 fully saturated rings. The van der Waals surface area contributed by atoms with E-state index in [-0.39, 0.29) is 23.9 Å². The Morgan fingerprint density at radius 1 is 1.12 bits per heavy atom. The van der Waals surface area contributed by atoms with Crippen molar-refractivity contribution in [2.24, 2.45) is 0 Å². The average molecular weight is 351 g/mol. The minimum absolute atomic E-state index is 0.0258. The van der Waals surface area contributed by atoms with Gasteiger partial charge in [0.05, 0.1) is 6.10 Å². The highest BCUT2D eigenvalue weighted by molar-refractivity contribution is 5.96. The van der Waals surface area contributed by atoms with Gasteiger partial charge in [-0.05, 0) is 57.2 Å². The summed E-state index contributed by atoms with van der Waals surface area (Å²) in [5, 5.41) is 7.19. The van der Waals surface area contributed by atoms with E-state index in [1.165, 1.54) is 0 Å². The quantitative estimate of drug-likeness (QED) is 0.731. The lowest BCUT2D eigenvalue weighted by molar-refractivity contribution is 0.0948. The Balaban J connectivity index is 1.75. The summed E-state index contributed by atoms with van der Waals surface area (Å²) in [6.45, 7) is 5.89. The molecule has 0 aliphatic carbocycles. The molecule has 7 heteroatoms. The van der Waals surface area contributed by atoms with Crippen molar-refractivity contribution >= 4 is 23.5 Å². The van der Waals surface area contributed by atoms with Gasteiger partial charge in [0.25, 0.3) is 5.91 Å². The highest BCUT2D eigenvalue weighted by Crippen LogP contribution is 2.20. The van der Waals surface area contributed by atoms with E-state index >= 15 is 0 Å². The van der Waals surface area contributed by atoms with Gasteiger partial charge in [-0.25, -0.2) is 0 Å². The fraction of sp³-hybridized carbons (Fsp3) is 0.211. The summed E-state index contributed by atoms with van der Waals surface area (Å²) in [4.78, 5) is 16.6. The molecule has 3 N–H and O–H groups in total. The molecule has 0 radical (unpaired) electrons. The first-order valence-electron chi connectivity index (χ1n) is 8.30. The fourth-order valence-electron chi connectivity index (χ4n) is 2.36. The molecule has 0 saturated heterocycles. The molecule has 0 unspecified atom stereocenters. The maximum atomic E-state index is 12.5.